The van der Waals surface area contributed by atoms with E-state index in [4.69, 9.17) is 4.74 Å². The summed E-state index contributed by atoms with van der Waals surface area (Å²) < 4.78 is 18.1. The van der Waals surface area contributed by atoms with Crippen LogP contribution in [0.2, 0.25) is 0 Å². The number of amides is 1. The Kier molecular flexibility index (Phi) is 4.40. The first-order valence-electron chi connectivity index (χ1n) is 5.21. The number of carbonyl (C=O) groups is 1. The first-order valence-corrected chi connectivity index (χ1v) is 5.84. The van der Waals surface area contributed by atoms with Gasteiger partial charge < -0.3 is 4.74 Å². The molecular formula is C12H16FNO2S. The van der Waals surface area contributed by atoms with Crippen molar-refractivity contribution >= 4 is 24.4 Å². The summed E-state index contributed by atoms with van der Waals surface area (Å²) in [6, 6.07) is 4.10. The summed E-state index contributed by atoms with van der Waals surface area (Å²) >= 11 is 4.08. The van der Waals surface area contributed by atoms with Crippen LogP contribution in [0.25, 0.3) is 0 Å². The molecule has 5 heteroatoms. The number of rotatable bonds is 2. The molecule has 1 amide bonds. The zero-order valence-electron chi connectivity index (χ0n) is 10.1. The zero-order chi connectivity index (χ0) is 13.1. The summed E-state index contributed by atoms with van der Waals surface area (Å²) in [5.74, 6) is -0.0214. The summed E-state index contributed by atoms with van der Waals surface area (Å²) in [6.45, 7) is 5.32. The average molecular weight is 257 g/mol. The van der Waals surface area contributed by atoms with Gasteiger partial charge in [-0.2, -0.15) is 12.6 Å². The van der Waals surface area contributed by atoms with Gasteiger partial charge in [0.2, 0.25) is 0 Å². The first kappa shape index (κ1) is 13.8. The number of carbonyl (C=O) groups excluding carboxylic acids is 1. The van der Waals surface area contributed by atoms with Crippen LogP contribution < -0.4 is 5.32 Å². The first-order chi connectivity index (χ1) is 7.81. The Morgan fingerprint density at radius 3 is 2.65 bits per heavy atom. The van der Waals surface area contributed by atoms with E-state index in [1.165, 1.54) is 18.2 Å². The lowest BCUT2D eigenvalue weighted by Gasteiger charge is -2.20. The lowest BCUT2D eigenvalue weighted by Crippen LogP contribution is -2.27. The van der Waals surface area contributed by atoms with Crippen molar-refractivity contribution in [2.75, 3.05) is 5.32 Å². The number of anilines is 1. The highest BCUT2D eigenvalue weighted by Gasteiger charge is 2.17. The SMILES string of the molecule is CC(C)(C)OC(=O)Nc1ccc(F)cc1CS. The van der Waals surface area contributed by atoms with Gasteiger partial charge in [-0.05, 0) is 44.5 Å². The fourth-order valence-corrected chi connectivity index (χ4v) is 1.49. The second-order valence-electron chi connectivity index (χ2n) is 4.59. The molecule has 0 bridgehead atoms. The van der Waals surface area contributed by atoms with Gasteiger partial charge in [0.1, 0.15) is 11.4 Å². The molecule has 1 aromatic rings. The second-order valence-corrected chi connectivity index (χ2v) is 4.90. The fraction of sp³-hybridized carbons (Fsp3) is 0.417. The van der Waals surface area contributed by atoms with Crippen molar-refractivity contribution in [3.8, 4) is 0 Å². The smallest absolute Gasteiger partial charge is 0.412 e. The predicted octanol–water partition coefficient (Wildman–Crippen LogP) is 3.60. The normalized spacial score (nSPS) is 11.1. The molecule has 0 saturated heterocycles. The van der Waals surface area contributed by atoms with Crippen LogP contribution >= 0.6 is 12.6 Å². The van der Waals surface area contributed by atoms with Gasteiger partial charge in [-0.15, -0.1) is 0 Å². The Balaban J connectivity index is 2.78. The molecule has 3 nitrogen and oxygen atoms in total. The predicted molar refractivity (Wildman–Crippen MR) is 68.9 cm³/mol. The van der Waals surface area contributed by atoms with Crippen LogP contribution in [0, 0.1) is 5.82 Å². The largest absolute Gasteiger partial charge is 0.444 e. The highest BCUT2D eigenvalue weighted by molar-refractivity contribution is 7.79. The Hall–Kier alpha value is -1.23. The van der Waals surface area contributed by atoms with Gasteiger partial charge in [0.15, 0.2) is 0 Å². The summed E-state index contributed by atoms with van der Waals surface area (Å²) in [5, 5.41) is 2.57. The molecule has 0 unspecified atom stereocenters. The van der Waals surface area contributed by atoms with Gasteiger partial charge in [0, 0.05) is 11.4 Å². The minimum absolute atomic E-state index is 0.336. The Morgan fingerprint density at radius 1 is 1.47 bits per heavy atom. The van der Waals surface area contributed by atoms with Crippen LogP contribution in [0.5, 0.6) is 0 Å². The van der Waals surface area contributed by atoms with Crippen molar-refractivity contribution < 1.29 is 13.9 Å². The van der Waals surface area contributed by atoms with Crippen molar-refractivity contribution in [1.82, 2.24) is 0 Å². The Bertz CT molecular complexity index is 415. The second kappa shape index (κ2) is 5.40. The molecule has 1 N–H and O–H groups in total. The molecule has 0 atom stereocenters. The summed E-state index contributed by atoms with van der Waals surface area (Å²) in [4.78, 5) is 11.5. The molecule has 0 aliphatic carbocycles. The average Bonchev–Trinajstić information content (AvgIpc) is 2.17. The van der Waals surface area contributed by atoms with Crippen molar-refractivity contribution in [3.05, 3.63) is 29.6 Å². The van der Waals surface area contributed by atoms with Gasteiger partial charge >= 0.3 is 6.09 Å². The molecule has 17 heavy (non-hydrogen) atoms. The minimum Gasteiger partial charge on any atom is -0.444 e. The number of hydrogen-bond acceptors (Lipinski definition) is 3. The summed E-state index contributed by atoms with van der Waals surface area (Å²) in [5.41, 5.74) is 0.556. The zero-order valence-corrected chi connectivity index (χ0v) is 11.0. The number of halogens is 1. The molecule has 1 aromatic carbocycles. The molecule has 0 aliphatic rings. The summed E-state index contributed by atoms with van der Waals surface area (Å²) in [7, 11) is 0. The topological polar surface area (TPSA) is 38.3 Å². The molecule has 0 spiro atoms. The van der Waals surface area contributed by atoms with Crippen molar-refractivity contribution in [1.29, 1.82) is 0 Å². The fourth-order valence-electron chi connectivity index (χ4n) is 1.23. The van der Waals surface area contributed by atoms with Gasteiger partial charge in [0.05, 0.1) is 0 Å². The maximum absolute atomic E-state index is 13.0. The third-order valence-electron chi connectivity index (χ3n) is 1.87. The van der Waals surface area contributed by atoms with Crippen LogP contribution in [0.3, 0.4) is 0 Å². The van der Waals surface area contributed by atoms with Crippen LogP contribution in [0.15, 0.2) is 18.2 Å². The van der Waals surface area contributed by atoms with E-state index in [2.05, 4.69) is 17.9 Å². The minimum atomic E-state index is -0.564. The monoisotopic (exact) mass is 257 g/mol. The van der Waals surface area contributed by atoms with Crippen molar-refractivity contribution in [3.63, 3.8) is 0 Å². The lowest BCUT2D eigenvalue weighted by molar-refractivity contribution is 0.0636. The maximum Gasteiger partial charge on any atom is 0.412 e. The molecule has 0 saturated carbocycles. The van der Waals surface area contributed by atoms with Crippen molar-refractivity contribution in [2.24, 2.45) is 0 Å². The van der Waals surface area contributed by atoms with Crippen LogP contribution in [0.4, 0.5) is 14.9 Å². The van der Waals surface area contributed by atoms with E-state index in [1.54, 1.807) is 20.8 Å². The molecule has 0 aliphatic heterocycles. The number of thiol groups is 1. The van der Waals surface area contributed by atoms with E-state index >= 15 is 0 Å². The Labute approximate surface area is 106 Å². The summed E-state index contributed by atoms with van der Waals surface area (Å²) in [6.07, 6.45) is -0.563. The highest BCUT2D eigenvalue weighted by atomic mass is 32.1. The molecule has 0 fully saturated rings. The quantitative estimate of drug-likeness (QED) is 0.794. The Morgan fingerprint density at radius 2 is 2.12 bits per heavy atom. The molecule has 94 valence electrons. The highest BCUT2D eigenvalue weighted by Crippen LogP contribution is 2.20. The van der Waals surface area contributed by atoms with Crippen LogP contribution in [-0.4, -0.2) is 11.7 Å². The third kappa shape index (κ3) is 4.65. The van der Waals surface area contributed by atoms with Crippen LogP contribution in [-0.2, 0) is 10.5 Å². The lowest BCUT2D eigenvalue weighted by atomic mass is 10.2. The van der Waals surface area contributed by atoms with Gasteiger partial charge in [-0.3, -0.25) is 5.32 Å². The van der Waals surface area contributed by atoms with Gasteiger partial charge in [-0.25, -0.2) is 9.18 Å². The van der Waals surface area contributed by atoms with E-state index in [1.807, 2.05) is 0 Å². The van der Waals surface area contributed by atoms with Gasteiger partial charge in [-0.1, -0.05) is 0 Å². The van der Waals surface area contributed by atoms with Gasteiger partial charge in [0.25, 0.3) is 0 Å². The van der Waals surface area contributed by atoms with Crippen LogP contribution in [0.1, 0.15) is 26.3 Å². The van der Waals surface area contributed by atoms with Crippen molar-refractivity contribution in [2.45, 2.75) is 32.1 Å². The molecule has 0 heterocycles. The number of hydrogen-bond donors (Lipinski definition) is 2. The third-order valence-corrected chi connectivity index (χ3v) is 2.21. The molecule has 1 rings (SSSR count). The number of benzene rings is 1. The molecular weight excluding hydrogens is 241 g/mol. The molecule has 0 radical (unpaired) electrons. The van der Waals surface area contributed by atoms with E-state index in [0.29, 0.717) is 17.0 Å². The standard InChI is InChI=1S/C12H16FNO2S/c1-12(2,3)16-11(15)14-10-5-4-9(13)6-8(10)7-17/h4-6,17H,7H2,1-3H3,(H,14,15). The van der Waals surface area contributed by atoms with E-state index in [-0.39, 0.29) is 5.82 Å². The van der Waals surface area contributed by atoms with E-state index < -0.39 is 11.7 Å². The molecule has 0 aromatic heterocycles. The van der Waals surface area contributed by atoms with E-state index in [0.717, 1.165) is 0 Å². The number of nitrogens with one attached hydrogen (secondary N) is 1. The maximum atomic E-state index is 13.0. The number of ether oxygens (including phenoxy) is 1. The van der Waals surface area contributed by atoms with E-state index in [9.17, 15) is 9.18 Å².